The van der Waals surface area contributed by atoms with Crippen LogP contribution in [-0.2, 0) is 0 Å². The summed E-state index contributed by atoms with van der Waals surface area (Å²) in [4.78, 5) is 10.9. The molecule has 5 heteroatoms. The molecule has 0 aliphatic carbocycles. The first-order chi connectivity index (χ1) is 32.3. The van der Waals surface area contributed by atoms with Crippen LogP contribution in [-0.4, -0.2) is 23.7 Å². The van der Waals surface area contributed by atoms with Crippen LogP contribution in [0.15, 0.2) is 224 Å². The van der Waals surface area contributed by atoms with E-state index in [1.807, 2.05) is 0 Å². The maximum atomic E-state index is 5.57. The van der Waals surface area contributed by atoms with Gasteiger partial charge in [-0.05, 0) is 82.6 Å². The van der Waals surface area contributed by atoms with Gasteiger partial charge in [-0.15, -0.1) is 0 Å². The second-order valence-electron chi connectivity index (χ2n) is 16.9. The Balaban J connectivity index is 0.993. The minimum atomic E-state index is 0.642. The summed E-state index contributed by atoms with van der Waals surface area (Å²) in [5.74, 6) is 0.642. The molecule has 0 aliphatic rings. The third kappa shape index (κ3) is 5.21. The molecule has 4 heterocycles. The van der Waals surface area contributed by atoms with Crippen molar-refractivity contribution >= 4 is 87.1 Å². The molecule has 5 nitrogen and oxygen atoms in total. The lowest BCUT2D eigenvalue weighted by Gasteiger charge is -2.14. The van der Waals surface area contributed by atoms with Crippen LogP contribution >= 0.6 is 0 Å². The van der Waals surface area contributed by atoms with E-state index in [1.54, 1.807) is 0 Å². The molecule has 0 aliphatic heterocycles. The van der Waals surface area contributed by atoms with Crippen LogP contribution in [0.1, 0.15) is 0 Å². The van der Waals surface area contributed by atoms with Gasteiger partial charge in [0.2, 0.25) is 5.95 Å². The highest BCUT2D eigenvalue weighted by Crippen LogP contribution is 2.44. The molecule has 4 aromatic heterocycles. The largest absolute Gasteiger partial charge is 0.309 e. The number of aromatic nitrogens is 5. The van der Waals surface area contributed by atoms with Gasteiger partial charge in [0, 0.05) is 54.6 Å². The quantitative estimate of drug-likeness (QED) is 0.173. The average molecular weight is 828 g/mol. The molecule has 0 saturated carbocycles. The van der Waals surface area contributed by atoms with Crippen molar-refractivity contribution < 1.29 is 0 Å². The number of fused-ring (bicyclic) bond motifs is 13. The van der Waals surface area contributed by atoms with E-state index in [4.69, 9.17) is 9.97 Å². The first kappa shape index (κ1) is 35.8. The summed E-state index contributed by atoms with van der Waals surface area (Å²) in [6.07, 6.45) is 0. The van der Waals surface area contributed by atoms with Crippen LogP contribution in [0.2, 0.25) is 0 Å². The summed E-state index contributed by atoms with van der Waals surface area (Å²) in [6, 6.07) is 80.7. The SMILES string of the molecule is c1ccc(-n2c3ccccc3c3c4ccccc4c(-c4ccc(-c5nc(-n6c7ccccc7c7ccc8c(c9ccccc9n8-c8ccccc8)c76)nc6ccccc56)cc4)cc32)cc1. The molecule has 302 valence electrons. The summed E-state index contributed by atoms with van der Waals surface area (Å²) >= 11 is 0. The van der Waals surface area contributed by atoms with Crippen LogP contribution in [0.3, 0.4) is 0 Å². The van der Waals surface area contributed by atoms with Crippen molar-refractivity contribution in [3.63, 3.8) is 0 Å². The van der Waals surface area contributed by atoms with E-state index >= 15 is 0 Å². The van der Waals surface area contributed by atoms with Gasteiger partial charge in [-0.25, -0.2) is 9.97 Å². The molecular weight excluding hydrogens is 791 g/mol. The first-order valence-corrected chi connectivity index (χ1v) is 22.2. The summed E-state index contributed by atoms with van der Waals surface area (Å²) in [5, 5.41) is 10.7. The van der Waals surface area contributed by atoms with Crippen molar-refractivity contribution in [2.45, 2.75) is 0 Å². The predicted octanol–water partition coefficient (Wildman–Crippen LogP) is 15.4. The Labute approximate surface area is 373 Å². The third-order valence-electron chi connectivity index (χ3n) is 13.4. The zero-order valence-electron chi connectivity index (χ0n) is 35.1. The Hall–Kier alpha value is -8.80. The summed E-state index contributed by atoms with van der Waals surface area (Å²) in [6.45, 7) is 0. The van der Waals surface area contributed by atoms with Gasteiger partial charge in [-0.3, -0.25) is 4.57 Å². The van der Waals surface area contributed by atoms with E-state index in [0.717, 1.165) is 61.2 Å². The van der Waals surface area contributed by atoms with Gasteiger partial charge in [0.25, 0.3) is 0 Å². The fourth-order valence-corrected chi connectivity index (χ4v) is 10.7. The average Bonchev–Trinajstić information content (AvgIpc) is 4.02. The molecule has 0 unspecified atom stereocenters. The van der Waals surface area contributed by atoms with Gasteiger partial charge < -0.3 is 9.13 Å². The molecule has 14 aromatic rings. The fourth-order valence-electron chi connectivity index (χ4n) is 10.7. The number of benzene rings is 10. The van der Waals surface area contributed by atoms with Crippen LogP contribution in [0, 0.1) is 0 Å². The van der Waals surface area contributed by atoms with Gasteiger partial charge in [-0.2, -0.15) is 0 Å². The van der Waals surface area contributed by atoms with Gasteiger partial charge in [0.05, 0.1) is 44.3 Å². The zero-order valence-corrected chi connectivity index (χ0v) is 35.1. The molecule has 14 rings (SSSR count). The molecule has 0 saturated heterocycles. The molecule has 0 fully saturated rings. The maximum absolute atomic E-state index is 5.57. The van der Waals surface area contributed by atoms with Crippen molar-refractivity contribution in [2.75, 3.05) is 0 Å². The van der Waals surface area contributed by atoms with Crippen LogP contribution in [0.4, 0.5) is 0 Å². The monoisotopic (exact) mass is 827 g/mol. The number of para-hydroxylation sites is 6. The fraction of sp³-hybridized carbons (Fsp3) is 0. The predicted molar refractivity (Wildman–Crippen MR) is 271 cm³/mol. The number of hydrogen-bond donors (Lipinski definition) is 0. The van der Waals surface area contributed by atoms with Crippen molar-refractivity contribution in [1.29, 1.82) is 0 Å². The van der Waals surface area contributed by atoms with E-state index in [-0.39, 0.29) is 0 Å². The molecule has 0 N–H and O–H groups in total. The number of rotatable bonds is 5. The topological polar surface area (TPSA) is 40.6 Å². The summed E-state index contributed by atoms with van der Waals surface area (Å²) in [7, 11) is 0. The van der Waals surface area contributed by atoms with Gasteiger partial charge in [-0.1, -0.05) is 164 Å². The van der Waals surface area contributed by atoms with E-state index in [2.05, 4.69) is 238 Å². The Morgan fingerprint density at radius 1 is 0.292 bits per heavy atom. The van der Waals surface area contributed by atoms with E-state index < -0.39 is 0 Å². The molecule has 0 atom stereocenters. The van der Waals surface area contributed by atoms with E-state index in [9.17, 15) is 0 Å². The summed E-state index contributed by atoms with van der Waals surface area (Å²) in [5.41, 5.74) is 14.3. The lowest BCUT2D eigenvalue weighted by Crippen LogP contribution is -2.03. The minimum absolute atomic E-state index is 0.642. The lowest BCUT2D eigenvalue weighted by atomic mass is 9.94. The second kappa shape index (κ2) is 13.9. The van der Waals surface area contributed by atoms with Crippen LogP contribution in [0.5, 0.6) is 0 Å². The molecule has 10 aromatic carbocycles. The van der Waals surface area contributed by atoms with Gasteiger partial charge in [0.1, 0.15) is 0 Å². The Kier molecular flexibility index (Phi) is 7.62. The first-order valence-electron chi connectivity index (χ1n) is 22.2. The highest BCUT2D eigenvalue weighted by molar-refractivity contribution is 6.27. The van der Waals surface area contributed by atoms with Crippen molar-refractivity contribution in [3.8, 4) is 39.7 Å². The normalized spacial score (nSPS) is 12.0. The Bertz CT molecular complexity index is 4210. The minimum Gasteiger partial charge on any atom is -0.309 e. The Morgan fingerprint density at radius 2 is 0.800 bits per heavy atom. The molecule has 65 heavy (non-hydrogen) atoms. The third-order valence-corrected chi connectivity index (χ3v) is 13.4. The lowest BCUT2D eigenvalue weighted by molar-refractivity contribution is 1.02. The zero-order chi connectivity index (χ0) is 42.6. The van der Waals surface area contributed by atoms with Crippen molar-refractivity contribution in [3.05, 3.63) is 224 Å². The van der Waals surface area contributed by atoms with Gasteiger partial charge >= 0.3 is 0 Å². The van der Waals surface area contributed by atoms with Crippen LogP contribution < -0.4 is 0 Å². The summed E-state index contributed by atoms with van der Waals surface area (Å²) < 4.78 is 7.08. The highest BCUT2D eigenvalue weighted by Gasteiger charge is 2.23. The van der Waals surface area contributed by atoms with Crippen molar-refractivity contribution in [1.82, 2.24) is 23.7 Å². The highest BCUT2D eigenvalue weighted by atomic mass is 15.2. The molecule has 0 spiro atoms. The smallest absolute Gasteiger partial charge is 0.235 e. The van der Waals surface area contributed by atoms with Crippen molar-refractivity contribution in [2.24, 2.45) is 0 Å². The standard InChI is InChI=1S/C60H37N5/c1-3-17-40(18-4-1)63-53-30-16-12-26-48(53)57-54(63)36-35-45-43-22-10-14-28-51(43)65(59(45)57)60-61-50-27-13-9-24-46(50)58(62-60)39-33-31-38(32-34-39)49-37-55-56(44-23-8-7-21-42(44)49)47-25-11-15-29-52(47)64(55)41-19-5-2-6-20-41/h1-37H. The van der Waals surface area contributed by atoms with Gasteiger partial charge in [0.15, 0.2) is 0 Å². The molecule has 0 bridgehead atoms. The molecule has 0 amide bonds. The van der Waals surface area contributed by atoms with E-state index in [0.29, 0.717) is 5.95 Å². The number of nitrogens with zero attached hydrogens (tertiary/aromatic N) is 5. The molecular formula is C60H37N5. The molecule has 0 radical (unpaired) electrons. The second-order valence-corrected chi connectivity index (χ2v) is 16.9. The number of hydrogen-bond acceptors (Lipinski definition) is 2. The maximum Gasteiger partial charge on any atom is 0.235 e. The van der Waals surface area contributed by atoms with E-state index in [1.165, 1.54) is 59.7 Å². The Morgan fingerprint density at radius 3 is 1.48 bits per heavy atom. The van der Waals surface area contributed by atoms with Crippen LogP contribution in [0.25, 0.3) is 127 Å².